The van der Waals surface area contributed by atoms with Gasteiger partial charge in [-0.25, -0.2) is 15.0 Å². The van der Waals surface area contributed by atoms with Crippen molar-refractivity contribution in [1.29, 1.82) is 0 Å². The van der Waals surface area contributed by atoms with Gasteiger partial charge in [0, 0.05) is 49.5 Å². The molecule has 0 aliphatic rings. The van der Waals surface area contributed by atoms with E-state index in [1.165, 1.54) is 0 Å². The standard InChI is InChI=1S/C51H32N4O/c1-4-14-33(15-5-1)34-26-28-37(29-27-34)50-52-49(36-18-8-3-9-19-36)53-51(54-50)43-24-13-22-41-40-20-10-11-25-45(40)55(47(41)43)38-30-31-46-44(32-38)42-23-12-21-39(48(42)56-46)35-16-6-2-7-17-35/h1-32H. The summed E-state index contributed by atoms with van der Waals surface area (Å²) in [6.45, 7) is 0. The van der Waals surface area contributed by atoms with Gasteiger partial charge in [-0.05, 0) is 47.0 Å². The predicted molar refractivity (Wildman–Crippen MR) is 229 cm³/mol. The fraction of sp³-hybridized carbons (Fsp3) is 0. The van der Waals surface area contributed by atoms with Gasteiger partial charge in [0.2, 0.25) is 0 Å². The van der Waals surface area contributed by atoms with Gasteiger partial charge in [-0.15, -0.1) is 0 Å². The maximum Gasteiger partial charge on any atom is 0.166 e. The van der Waals surface area contributed by atoms with Crippen LogP contribution in [0.2, 0.25) is 0 Å². The average Bonchev–Trinajstić information content (AvgIpc) is 3.83. The minimum atomic E-state index is 0.609. The summed E-state index contributed by atoms with van der Waals surface area (Å²) in [4.78, 5) is 15.5. The molecule has 0 N–H and O–H groups in total. The number of benzene rings is 8. The molecule has 0 atom stereocenters. The lowest BCUT2D eigenvalue weighted by Gasteiger charge is -2.13. The Balaban J connectivity index is 1.13. The zero-order valence-corrected chi connectivity index (χ0v) is 30.2. The van der Waals surface area contributed by atoms with Gasteiger partial charge < -0.3 is 8.98 Å². The Morgan fingerprint density at radius 2 is 0.893 bits per heavy atom. The molecule has 0 unspecified atom stereocenters. The second-order valence-electron chi connectivity index (χ2n) is 14.0. The highest BCUT2D eigenvalue weighted by Crippen LogP contribution is 2.41. The molecule has 0 bridgehead atoms. The molecule has 8 aromatic carbocycles. The first-order valence-electron chi connectivity index (χ1n) is 18.8. The van der Waals surface area contributed by atoms with E-state index < -0.39 is 0 Å². The first kappa shape index (κ1) is 31.9. The van der Waals surface area contributed by atoms with Crippen LogP contribution in [0.15, 0.2) is 199 Å². The van der Waals surface area contributed by atoms with E-state index in [9.17, 15) is 0 Å². The van der Waals surface area contributed by atoms with Crippen molar-refractivity contribution in [2.45, 2.75) is 0 Å². The van der Waals surface area contributed by atoms with Crippen molar-refractivity contribution in [3.8, 4) is 62.1 Å². The van der Waals surface area contributed by atoms with E-state index >= 15 is 0 Å². The van der Waals surface area contributed by atoms with Crippen LogP contribution in [0.4, 0.5) is 0 Å². The molecule has 0 fully saturated rings. The Kier molecular flexibility index (Phi) is 7.42. The Morgan fingerprint density at radius 3 is 1.62 bits per heavy atom. The smallest absolute Gasteiger partial charge is 0.166 e. The number of fused-ring (bicyclic) bond motifs is 6. The zero-order valence-electron chi connectivity index (χ0n) is 30.2. The second kappa shape index (κ2) is 13.0. The van der Waals surface area contributed by atoms with Gasteiger partial charge in [0.25, 0.3) is 0 Å². The number of hydrogen-bond donors (Lipinski definition) is 0. The molecule has 5 nitrogen and oxygen atoms in total. The van der Waals surface area contributed by atoms with Crippen molar-refractivity contribution in [3.63, 3.8) is 0 Å². The minimum Gasteiger partial charge on any atom is -0.455 e. The molecule has 56 heavy (non-hydrogen) atoms. The van der Waals surface area contributed by atoms with Crippen LogP contribution in [0.3, 0.4) is 0 Å². The van der Waals surface area contributed by atoms with Gasteiger partial charge in [-0.2, -0.15) is 0 Å². The van der Waals surface area contributed by atoms with Crippen molar-refractivity contribution in [3.05, 3.63) is 194 Å². The van der Waals surface area contributed by atoms with Crippen LogP contribution in [-0.2, 0) is 0 Å². The second-order valence-corrected chi connectivity index (χ2v) is 14.0. The molecular weight excluding hydrogens is 685 g/mol. The number of para-hydroxylation sites is 3. The zero-order chi connectivity index (χ0) is 37.0. The lowest BCUT2D eigenvalue weighted by molar-refractivity contribution is 0.670. The first-order chi connectivity index (χ1) is 27.8. The molecule has 3 heterocycles. The van der Waals surface area contributed by atoms with Crippen molar-refractivity contribution in [2.75, 3.05) is 0 Å². The van der Waals surface area contributed by atoms with E-state index in [1.54, 1.807) is 0 Å². The Bertz CT molecular complexity index is 3220. The van der Waals surface area contributed by atoms with Crippen molar-refractivity contribution < 1.29 is 4.42 Å². The van der Waals surface area contributed by atoms with Gasteiger partial charge in [-0.1, -0.05) is 164 Å². The van der Waals surface area contributed by atoms with Crippen LogP contribution < -0.4 is 0 Å². The van der Waals surface area contributed by atoms with Crippen LogP contribution in [0.1, 0.15) is 0 Å². The quantitative estimate of drug-likeness (QED) is 0.172. The topological polar surface area (TPSA) is 56.7 Å². The molecule has 0 amide bonds. The molecule has 11 aromatic rings. The third-order valence-electron chi connectivity index (χ3n) is 10.7. The predicted octanol–water partition coefficient (Wildman–Crippen LogP) is 13.2. The summed E-state index contributed by atoms with van der Waals surface area (Å²) in [5.41, 5.74) is 12.2. The Morgan fingerprint density at radius 1 is 0.357 bits per heavy atom. The van der Waals surface area contributed by atoms with Gasteiger partial charge in [-0.3, -0.25) is 0 Å². The summed E-state index contributed by atoms with van der Waals surface area (Å²) < 4.78 is 8.93. The highest BCUT2D eigenvalue weighted by atomic mass is 16.3. The van der Waals surface area contributed by atoms with Crippen LogP contribution in [-0.4, -0.2) is 19.5 Å². The van der Waals surface area contributed by atoms with Crippen LogP contribution >= 0.6 is 0 Å². The highest BCUT2D eigenvalue weighted by molar-refractivity contribution is 6.14. The van der Waals surface area contributed by atoms with Crippen LogP contribution in [0.25, 0.3) is 106 Å². The summed E-state index contributed by atoms with van der Waals surface area (Å²) in [5.74, 6) is 1.85. The van der Waals surface area contributed by atoms with Crippen molar-refractivity contribution in [1.82, 2.24) is 19.5 Å². The van der Waals surface area contributed by atoms with Gasteiger partial charge >= 0.3 is 0 Å². The Labute approximate surface area is 322 Å². The van der Waals surface area contributed by atoms with E-state index in [1.807, 2.05) is 42.5 Å². The molecule has 0 saturated carbocycles. The fourth-order valence-electron chi connectivity index (χ4n) is 8.02. The van der Waals surface area contributed by atoms with Crippen molar-refractivity contribution >= 4 is 43.7 Å². The molecule has 0 aliphatic heterocycles. The third kappa shape index (κ3) is 5.29. The molecule has 3 aromatic heterocycles. The average molecular weight is 717 g/mol. The van der Waals surface area contributed by atoms with Crippen LogP contribution in [0.5, 0.6) is 0 Å². The number of aromatic nitrogens is 4. The Hall–Kier alpha value is -7.63. The minimum absolute atomic E-state index is 0.609. The third-order valence-corrected chi connectivity index (χ3v) is 10.7. The summed E-state index contributed by atoms with van der Waals surface area (Å²) in [7, 11) is 0. The number of hydrogen-bond acceptors (Lipinski definition) is 4. The monoisotopic (exact) mass is 716 g/mol. The summed E-state index contributed by atoms with van der Waals surface area (Å²) >= 11 is 0. The highest BCUT2D eigenvalue weighted by Gasteiger charge is 2.21. The summed E-state index contributed by atoms with van der Waals surface area (Å²) in [5, 5.41) is 4.42. The molecule has 262 valence electrons. The van der Waals surface area contributed by atoms with Crippen LogP contribution in [0, 0.1) is 0 Å². The molecule has 0 saturated heterocycles. The molecular formula is C51H32N4O. The van der Waals surface area contributed by atoms with E-state index in [0.717, 1.165) is 88.4 Å². The molecule has 0 aliphatic carbocycles. The molecule has 5 heteroatoms. The SMILES string of the molecule is c1ccc(-c2ccc(-c3nc(-c4ccccc4)nc(-c4cccc5c6ccccc6n(-c6ccc7oc8c(-c9ccccc9)cccc8c7c6)c45)n3)cc2)cc1. The number of nitrogens with zero attached hydrogens (tertiary/aromatic N) is 4. The molecule has 0 radical (unpaired) electrons. The lowest BCUT2D eigenvalue weighted by Crippen LogP contribution is -2.02. The van der Waals surface area contributed by atoms with E-state index in [0.29, 0.717) is 17.5 Å². The van der Waals surface area contributed by atoms with E-state index in [-0.39, 0.29) is 0 Å². The molecule has 0 spiro atoms. The van der Waals surface area contributed by atoms with Gasteiger partial charge in [0.15, 0.2) is 17.5 Å². The molecule has 11 rings (SSSR count). The number of furan rings is 1. The van der Waals surface area contributed by atoms with Gasteiger partial charge in [0.05, 0.1) is 11.0 Å². The largest absolute Gasteiger partial charge is 0.455 e. The van der Waals surface area contributed by atoms with E-state index in [2.05, 4.69) is 156 Å². The normalized spacial score (nSPS) is 11.6. The first-order valence-corrected chi connectivity index (χ1v) is 18.8. The maximum atomic E-state index is 6.59. The summed E-state index contributed by atoms with van der Waals surface area (Å²) in [6, 6.07) is 67.3. The van der Waals surface area contributed by atoms with Gasteiger partial charge in [0.1, 0.15) is 11.2 Å². The lowest BCUT2D eigenvalue weighted by atomic mass is 10.0. The van der Waals surface area contributed by atoms with Crippen molar-refractivity contribution in [2.24, 2.45) is 0 Å². The number of rotatable bonds is 6. The fourth-order valence-corrected chi connectivity index (χ4v) is 8.02. The van der Waals surface area contributed by atoms with E-state index in [4.69, 9.17) is 19.4 Å². The maximum absolute atomic E-state index is 6.59. The summed E-state index contributed by atoms with van der Waals surface area (Å²) in [6.07, 6.45) is 0.